The van der Waals surface area contributed by atoms with E-state index >= 15 is 0 Å². The molecule has 1 unspecified atom stereocenters. The average molecular weight is 639 g/mol. The molecule has 0 aliphatic heterocycles. The van der Waals surface area contributed by atoms with Crippen molar-refractivity contribution in [1.82, 2.24) is 0 Å². The summed E-state index contributed by atoms with van der Waals surface area (Å²) in [7, 11) is 0. The zero-order valence-electron chi connectivity index (χ0n) is 29.3. The fourth-order valence-corrected chi connectivity index (χ4v) is 4.47. The molecule has 0 aromatic carbocycles. The Bertz CT molecular complexity index is 906. The van der Waals surface area contributed by atoms with Gasteiger partial charge in [0.15, 0.2) is 6.10 Å². The molecular formula is C41H66O5. The Labute approximate surface area is 282 Å². The van der Waals surface area contributed by atoms with E-state index in [0.29, 0.717) is 12.8 Å². The summed E-state index contributed by atoms with van der Waals surface area (Å²) in [6.45, 7) is 3.92. The highest BCUT2D eigenvalue weighted by molar-refractivity contribution is 5.70. The van der Waals surface area contributed by atoms with E-state index in [0.717, 1.165) is 89.9 Å². The van der Waals surface area contributed by atoms with Crippen LogP contribution in [-0.4, -0.2) is 36.4 Å². The van der Waals surface area contributed by atoms with Crippen molar-refractivity contribution in [2.75, 3.05) is 13.2 Å². The zero-order chi connectivity index (χ0) is 33.6. The molecule has 5 heteroatoms. The average Bonchev–Trinajstić information content (AvgIpc) is 3.06. The monoisotopic (exact) mass is 638 g/mol. The Balaban J connectivity index is 3.70. The molecule has 46 heavy (non-hydrogen) atoms. The third kappa shape index (κ3) is 34.0. The molecule has 0 amide bonds. The van der Waals surface area contributed by atoms with Crippen molar-refractivity contribution >= 4 is 11.9 Å². The quantitative estimate of drug-likeness (QED) is 0.0465. The van der Waals surface area contributed by atoms with Gasteiger partial charge in [-0.1, -0.05) is 144 Å². The first-order chi connectivity index (χ1) is 22.6. The Morgan fingerprint density at radius 3 is 1.41 bits per heavy atom. The third-order valence-electron chi connectivity index (χ3n) is 7.20. The first-order valence-corrected chi connectivity index (χ1v) is 18.1. The molecule has 0 saturated heterocycles. The van der Waals surface area contributed by atoms with Gasteiger partial charge < -0.3 is 14.6 Å². The van der Waals surface area contributed by atoms with Crippen LogP contribution >= 0.6 is 0 Å². The summed E-state index contributed by atoms with van der Waals surface area (Å²) in [5, 5.41) is 9.48. The van der Waals surface area contributed by atoms with Crippen LogP contribution in [0, 0.1) is 0 Å². The Hall–Kier alpha value is -2.92. The van der Waals surface area contributed by atoms with Crippen molar-refractivity contribution in [2.24, 2.45) is 0 Å². The minimum Gasteiger partial charge on any atom is -0.462 e. The van der Waals surface area contributed by atoms with Gasteiger partial charge in [-0.3, -0.25) is 9.59 Å². The molecule has 1 N–H and O–H groups in total. The predicted octanol–water partition coefficient (Wildman–Crippen LogP) is 11.2. The summed E-state index contributed by atoms with van der Waals surface area (Å²) in [6.07, 6.45) is 49.4. The Morgan fingerprint density at radius 1 is 0.522 bits per heavy atom. The molecule has 260 valence electrons. The lowest BCUT2D eigenvalue weighted by Crippen LogP contribution is -2.28. The number of carbonyl (C=O) groups is 2. The number of aliphatic hydroxyl groups is 1. The number of hydrogen-bond acceptors (Lipinski definition) is 5. The van der Waals surface area contributed by atoms with Crippen molar-refractivity contribution in [3.8, 4) is 0 Å². The summed E-state index contributed by atoms with van der Waals surface area (Å²) in [5.41, 5.74) is 0. The van der Waals surface area contributed by atoms with E-state index in [1.807, 2.05) is 0 Å². The molecule has 0 fully saturated rings. The number of carbonyl (C=O) groups excluding carboxylic acids is 2. The van der Waals surface area contributed by atoms with Crippen LogP contribution in [0.3, 0.4) is 0 Å². The van der Waals surface area contributed by atoms with Crippen molar-refractivity contribution in [3.63, 3.8) is 0 Å². The lowest BCUT2D eigenvalue weighted by Gasteiger charge is -2.15. The summed E-state index contributed by atoms with van der Waals surface area (Å²) in [5.74, 6) is -0.646. The number of ether oxygens (including phenoxy) is 2. The van der Waals surface area contributed by atoms with Gasteiger partial charge in [0.2, 0.25) is 0 Å². The van der Waals surface area contributed by atoms with Gasteiger partial charge in [0.1, 0.15) is 6.61 Å². The summed E-state index contributed by atoms with van der Waals surface area (Å²) < 4.78 is 10.5. The van der Waals surface area contributed by atoms with Gasteiger partial charge in [-0.15, -0.1) is 0 Å². The molecule has 0 aliphatic rings. The largest absolute Gasteiger partial charge is 0.462 e. The Morgan fingerprint density at radius 2 is 0.935 bits per heavy atom. The van der Waals surface area contributed by atoms with Crippen molar-refractivity contribution in [3.05, 3.63) is 85.1 Å². The number of rotatable bonds is 31. The topological polar surface area (TPSA) is 72.8 Å². The van der Waals surface area contributed by atoms with E-state index in [4.69, 9.17) is 9.47 Å². The number of unbranched alkanes of at least 4 members (excludes halogenated alkanes) is 9. The first-order valence-electron chi connectivity index (χ1n) is 18.1. The number of esters is 2. The molecular weight excluding hydrogens is 572 g/mol. The summed E-state index contributed by atoms with van der Waals surface area (Å²) in [6, 6.07) is 0. The van der Waals surface area contributed by atoms with E-state index in [2.05, 4.69) is 98.9 Å². The second kappa shape index (κ2) is 36.5. The van der Waals surface area contributed by atoms with Gasteiger partial charge in [0, 0.05) is 12.8 Å². The normalized spacial score (nSPS) is 13.2. The molecule has 0 aromatic rings. The molecule has 5 nitrogen and oxygen atoms in total. The SMILES string of the molecule is CC/C=C\C/C=C\C/C=C\C/C=C\C/C=C\C/C=C\C/C=C\CCCCCC(=O)OC(CO)COC(=O)CCCCCCCCC. The van der Waals surface area contributed by atoms with Gasteiger partial charge >= 0.3 is 11.9 Å². The maximum Gasteiger partial charge on any atom is 0.306 e. The molecule has 0 spiro atoms. The van der Waals surface area contributed by atoms with Gasteiger partial charge in [0.05, 0.1) is 6.61 Å². The van der Waals surface area contributed by atoms with Crippen LogP contribution in [0.25, 0.3) is 0 Å². The van der Waals surface area contributed by atoms with Gasteiger partial charge in [0.25, 0.3) is 0 Å². The molecule has 0 heterocycles. The van der Waals surface area contributed by atoms with Crippen LogP contribution in [0.15, 0.2) is 85.1 Å². The third-order valence-corrected chi connectivity index (χ3v) is 7.20. The molecule has 0 aromatic heterocycles. The first kappa shape index (κ1) is 43.1. The van der Waals surface area contributed by atoms with E-state index in [-0.39, 0.29) is 25.2 Å². The summed E-state index contributed by atoms with van der Waals surface area (Å²) >= 11 is 0. The fraction of sp³-hybridized carbons (Fsp3) is 0.610. The van der Waals surface area contributed by atoms with Gasteiger partial charge in [-0.25, -0.2) is 0 Å². The minimum absolute atomic E-state index is 0.0842. The summed E-state index contributed by atoms with van der Waals surface area (Å²) in [4.78, 5) is 24.0. The maximum absolute atomic E-state index is 12.1. The second-order valence-corrected chi connectivity index (χ2v) is 11.6. The standard InChI is InChI=1S/C41H66O5/c1-3-5-7-9-11-12-13-14-15-16-17-18-19-20-21-22-23-24-25-26-27-28-30-32-34-36-41(44)46-39(37-42)38-45-40(43)35-33-31-29-10-8-6-4-2/h5,7,11-12,14-15,17-18,20-21,23-24,26-27,39,42H,3-4,6,8-10,13,16,19,22,25,28-38H2,1-2H3/b7-5-,12-11-,15-14-,18-17-,21-20-,24-23-,27-26-. The van der Waals surface area contributed by atoms with E-state index in [1.165, 1.54) is 25.7 Å². The van der Waals surface area contributed by atoms with Crippen LogP contribution < -0.4 is 0 Å². The highest BCUT2D eigenvalue weighted by atomic mass is 16.6. The molecule has 0 radical (unpaired) electrons. The van der Waals surface area contributed by atoms with Gasteiger partial charge in [-0.2, -0.15) is 0 Å². The lowest BCUT2D eigenvalue weighted by molar-refractivity contribution is -0.161. The Kier molecular flexibility index (Phi) is 34.2. The van der Waals surface area contributed by atoms with Crippen molar-refractivity contribution in [1.29, 1.82) is 0 Å². The molecule has 0 aliphatic carbocycles. The van der Waals surface area contributed by atoms with E-state index < -0.39 is 6.10 Å². The molecule has 0 rings (SSSR count). The molecule has 0 saturated carbocycles. The van der Waals surface area contributed by atoms with Crippen LogP contribution in [0.5, 0.6) is 0 Å². The molecule has 1 atom stereocenters. The second-order valence-electron chi connectivity index (χ2n) is 11.6. The highest BCUT2D eigenvalue weighted by Gasteiger charge is 2.16. The highest BCUT2D eigenvalue weighted by Crippen LogP contribution is 2.10. The minimum atomic E-state index is -0.789. The van der Waals surface area contributed by atoms with Crippen molar-refractivity contribution < 1.29 is 24.2 Å². The van der Waals surface area contributed by atoms with E-state index in [9.17, 15) is 14.7 Å². The number of hydrogen-bond donors (Lipinski definition) is 1. The number of aliphatic hydroxyl groups excluding tert-OH is 1. The predicted molar refractivity (Wildman–Crippen MR) is 196 cm³/mol. The van der Waals surface area contributed by atoms with Crippen molar-refractivity contribution in [2.45, 2.75) is 148 Å². The van der Waals surface area contributed by atoms with E-state index in [1.54, 1.807) is 0 Å². The molecule has 0 bridgehead atoms. The smallest absolute Gasteiger partial charge is 0.306 e. The van der Waals surface area contributed by atoms with Crippen LogP contribution in [0.2, 0.25) is 0 Å². The number of allylic oxidation sites excluding steroid dienone is 14. The fourth-order valence-electron chi connectivity index (χ4n) is 4.47. The van der Waals surface area contributed by atoms with Crippen LogP contribution in [-0.2, 0) is 19.1 Å². The van der Waals surface area contributed by atoms with Gasteiger partial charge in [-0.05, 0) is 70.6 Å². The van der Waals surface area contributed by atoms with Crippen LogP contribution in [0.4, 0.5) is 0 Å². The lowest BCUT2D eigenvalue weighted by atomic mass is 10.1. The maximum atomic E-state index is 12.1. The zero-order valence-corrected chi connectivity index (χ0v) is 29.3. The van der Waals surface area contributed by atoms with Crippen LogP contribution in [0.1, 0.15) is 142 Å².